The van der Waals surface area contributed by atoms with Gasteiger partial charge in [0.1, 0.15) is 0 Å². The highest BCUT2D eigenvalue weighted by Gasteiger charge is 2.46. The summed E-state index contributed by atoms with van der Waals surface area (Å²) in [5.74, 6) is -0.838. The Balaban J connectivity index is 1.88. The Morgan fingerprint density at radius 3 is 2.72 bits per heavy atom. The summed E-state index contributed by atoms with van der Waals surface area (Å²) in [5.41, 5.74) is -0.844. The van der Waals surface area contributed by atoms with Crippen LogP contribution in [0.5, 0.6) is 0 Å². The van der Waals surface area contributed by atoms with Crippen LogP contribution in [0.2, 0.25) is 0 Å². The van der Waals surface area contributed by atoms with Crippen LogP contribution in [-0.4, -0.2) is 42.4 Å². The van der Waals surface area contributed by atoms with Gasteiger partial charge in [0.25, 0.3) is 0 Å². The molecule has 3 unspecified atom stereocenters. The van der Waals surface area contributed by atoms with E-state index in [1.807, 2.05) is 0 Å². The van der Waals surface area contributed by atoms with Crippen molar-refractivity contribution in [1.82, 2.24) is 10.6 Å². The van der Waals surface area contributed by atoms with E-state index in [-0.39, 0.29) is 18.1 Å². The lowest BCUT2D eigenvalue weighted by Gasteiger charge is -2.28. The standard InChI is InChI=1S/C12H20N2O4/c1-12(10(15)16)5-2-3-9(12)14-11(17)13-8-4-6-18-7-8/h8-9H,2-7H2,1H3,(H,15,16)(H2,13,14,17). The maximum Gasteiger partial charge on any atom is 0.315 e. The highest BCUT2D eigenvalue weighted by molar-refractivity contribution is 5.79. The molecule has 0 radical (unpaired) electrons. The van der Waals surface area contributed by atoms with Gasteiger partial charge >= 0.3 is 12.0 Å². The van der Waals surface area contributed by atoms with Crippen molar-refractivity contribution in [3.63, 3.8) is 0 Å². The largest absolute Gasteiger partial charge is 0.481 e. The van der Waals surface area contributed by atoms with Crippen molar-refractivity contribution < 1.29 is 19.4 Å². The van der Waals surface area contributed by atoms with Crippen molar-refractivity contribution >= 4 is 12.0 Å². The van der Waals surface area contributed by atoms with Crippen molar-refractivity contribution in [2.45, 2.75) is 44.7 Å². The maximum absolute atomic E-state index is 11.8. The van der Waals surface area contributed by atoms with E-state index in [9.17, 15) is 14.7 Å². The Bertz CT molecular complexity index is 341. The van der Waals surface area contributed by atoms with Gasteiger partial charge < -0.3 is 20.5 Å². The summed E-state index contributed by atoms with van der Waals surface area (Å²) in [7, 11) is 0. The normalized spacial score (nSPS) is 35.4. The molecule has 2 aliphatic rings. The molecule has 3 N–H and O–H groups in total. The number of urea groups is 1. The monoisotopic (exact) mass is 256 g/mol. The lowest BCUT2D eigenvalue weighted by Crippen LogP contribution is -2.52. The van der Waals surface area contributed by atoms with Crippen molar-refractivity contribution in [3.05, 3.63) is 0 Å². The Labute approximate surface area is 106 Å². The van der Waals surface area contributed by atoms with Crippen LogP contribution < -0.4 is 10.6 Å². The summed E-state index contributed by atoms with van der Waals surface area (Å²) in [6, 6.07) is -0.537. The third-order valence-corrected chi connectivity index (χ3v) is 4.02. The number of amides is 2. The molecule has 0 spiro atoms. The zero-order valence-corrected chi connectivity index (χ0v) is 10.6. The van der Waals surface area contributed by atoms with Gasteiger partial charge in [-0.2, -0.15) is 0 Å². The number of carbonyl (C=O) groups is 2. The number of hydrogen-bond acceptors (Lipinski definition) is 3. The average Bonchev–Trinajstić information content (AvgIpc) is 2.90. The highest BCUT2D eigenvalue weighted by atomic mass is 16.5. The minimum atomic E-state index is -0.844. The van der Waals surface area contributed by atoms with Crippen LogP contribution in [-0.2, 0) is 9.53 Å². The molecule has 1 saturated carbocycles. The summed E-state index contributed by atoms with van der Waals surface area (Å²) in [4.78, 5) is 23.1. The zero-order chi connectivity index (χ0) is 13.2. The Morgan fingerprint density at radius 2 is 2.11 bits per heavy atom. The minimum Gasteiger partial charge on any atom is -0.481 e. The molecule has 1 saturated heterocycles. The fourth-order valence-electron chi connectivity index (χ4n) is 2.69. The first-order chi connectivity index (χ1) is 8.52. The molecule has 2 fully saturated rings. The fourth-order valence-corrected chi connectivity index (χ4v) is 2.69. The molecule has 0 bridgehead atoms. The first-order valence-electron chi connectivity index (χ1n) is 6.40. The molecule has 0 aromatic heterocycles. The van der Waals surface area contributed by atoms with E-state index in [0.29, 0.717) is 19.6 Å². The van der Waals surface area contributed by atoms with Crippen LogP contribution in [0.4, 0.5) is 4.79 Å². The number of ether oxygens (including phenoxy) is 1. The van der Waals surface area contributed by atoms with Crippen LogP contribution in [0, 0.1) is 5.41 Å². The summed E-state index contributed by atoms with van der Waals surface area (Å²) in [5, 5.41) is 14.9. The predicted octanol–water partition coefficient (Wildman–Crippen LogP) is 0.718. The molecule has 102 valence electrons. The lowest BCUT2D eigenvalue weighted by atomic mass is 9.85. The quantitative estimate of drug-likeness (QED) is 0.694. The number of nitrogens with one attached hydrogen (secondary N) is 2. The van der Waals surface area contributed by atoms with Crippen LogP contribution in [0.15, 0.2) is 0 Å². The number of hydrogen-bond donors (Lipinski definition) is 3. The van der Waals surface area contributed by atoms with Crippen molar-refractivity contribution in [3.8, 4) is 0 Å². The van der Waals surface area contributed by atoms with Crippen LogP contribution in [0.1, 0.15) is 32.6 Å². The molecule has 1 aliphatic heterocycles. The lowest BCUT2D eigenvalue weighted by molar-refractivity contribution is -0.148. The van der Waals surface area contributed by atoms with Crippen molar-refractivity contribution in [1.29, 1.82) is 0 Å². The predicted molar refractivity (Wildman–Crippen MR) is 64.3 cm³/mol. The molecule has 2 amide bonds. The van der Waals surface area contributed by atoms with E-state index in [1.54, 1.807) is 6.92 Å². The minimum absolute atomic E-state index is 0.0440. The van der Waals surface area contributed by atoms with E-state index in [1.165, 1.54) is 0 Å². The second-order valence-electron chi connectivity index (χ2n) is 5.35. The first kappa shape index (κ1) is 13.1. The van der Waals surface area contributed by atoms with Gasteiger partial charge in [-0.3, -0.25) is 4.79 Å². The van der Waals surface area contributed by atoms with Gasteiger partial charge in [-0.1, -0.05) is 6.42 Å². The van der Waals surface area contributed by atoms with Gasteiger partial charge in [-0.15, -0.1) is 0 Å². The molecule has 0 aromatic carbocycles. The van der Waals surface area contributed by atoms with Gasteiger partial charge in [-0.05, 0) is 26.2 Å². The van der Waals surface area contributed by atoms with E-state index >= 15 is 0 Å². The van der Waals surface area contributed by atoms with Crippen LogP contribution in [0.3, 0.4) is 0 Å². The molecular weight excluding hydrogens is 236 g/mol. The number of aliphatic carboxylic acids is 1. The molecule has 18 heavy (non-hydrogen) atoms. The third-order valence-electron chi connectivity index (χ3n) is 4.02. The second kappa shape index (κ2) is 5.14. The van der Waals surface area contributed by atoms with Gasteiger partial charge in [0.15, 0.2) is 0 Å². The molecule has 0 aromatic rings. The highest BCUT2D eigenvalue weighted by Crippen LogP contribution is 2.38. The summed E-state index contributed by atoms with van der Waals surface area (Å²) >= 11 is 0. The topological polar surface area (TPSA) is 87.7 Å². The number of rotatable bonds is 3. The molecule has 1 aliphatic carbocycles. The van der Waals surface area contributed by atoms with E-state index in [2.05, 4.69) is 10.6 Å². The molecule has 1 heterocycles. The van der Waals surface area contributed by atoms with Crippen molar-refractivity contribution in [2.24, 2.45) is 5.41 Å². The van der Waals surface area contributed by atoms with Crippen LogP contribution >= 0.6 is 0 Å². The van der Waals surface area contributed by atoms with Gasteiger partial charge in [-0.25, -0.2) is 4.79 Å². The first-order valence-corrected chi connectivity index (χ1v) is 6.40. The van der Waals surface area contributed by atoms with Gasteiger partial charge in [0.2, 0.25) is 0 Å². The Hall–Kier alpha value is -1.30. The molecule has 6 nitrogen and oxygen atoms in total. The molecule has 2 rings (SSSR count). The Morgan fingerprint density at radius 1 is 1.33 bits per heavy atom. The third kappa shape index (κ3) is 2.58. The molecule has 3 atom stereocenters. The summed E-state index contributed by atoms with van der Waals surface area (Å²) in [6.07, 6.45) is 2.98. The molecular formula is C12H20N2O4. The van der Waals surface area contributed by atoms with Crippen molar-refractivity contribution in [2.75, 3.05) is 13.2 Å². The van der Waals surface area contributed by atoms with E-state index in [4.69, 9.17) is 4.74 Å². The summed E-state index contributed by atoms with van der Waals surface area (Å²) < 4.78 is 5.17. The number of carboxylic acids is 1. The van der Waals surface area contributed by atoms with Gasteiger partial charge in [0, 0.05) is 12.6 Å². The van der Waals surface area contributed by atoms with E-state index < -0.39 is 11.4 Å². The second-order valence-corrected chi connectivity index (χ2v) is 5.35. The maximum atomic E-state index is 11.8. The van der Waals surface area contributed by atoms with E-state index in [0.717, 1.165) is 19.3 Å². The van der Waals surface area contributed by atoms with Crippen LogP contribution in [0.25, 0.3) is 0 Å². The smallest absolute Gasteiger partial charge is 0.315 e. The fraction of sp³-hybridized carbons (Fsp3) is 0.833. The average molecular weight is 256 g/mol. The zero-order valence-electron chi connectivity index (χ0n) is 10.6. The molecule has 6 heteroatoms. The SMILES string of the molecule is CC1(C(=O)O)CCCC1NC(=O)NC1CCOC1. The Kier molecular flexibility index (Phi) is 3.75. The van der Waals surface area contributed by atoms with Gasteiger partial charge in [0.05, 0.1) is 18.1 Å². The summed E-state index contributed by atoms with van der Waals surface area (Å²) in [6.45, 7) is 2.90. The number of carboxylic acid groups (broad SMARTS) is 1. The number of carbonyl (C=O) groups excluding carboxylic acids is 1.